The summed E-state index contributed by atoms with van der Waals surface area (Å²) < 4.78 is 0. The maximum atomic E-state index is 12.8. The van der Waals surface area contributed by atoms with E-state index in [1.807, 2.05) is 0 Å². The van der Waals surface area contributed by atoms with Crippen molar-refractivity contribution in [1.29, 1.82) is 0 Å². The fourth-order valence-corrected chi connectivity index (χ4v) is 3.26. The molecule has 0 saturated carbocycles. The molecule has 2 aliphatic rings. The topological polar surface area (TPSA) is 32.3 Å². The molecule has 0 spiro atoms. The van der Waals surface area contributed by atoms with Crippen molar-refractivity contribution in [2.45, 2.75) is 52.5 Å². The smallest absolute Gasteiger partial charge is 0.230 e. The summed E-state index contributed by atoms with van der Waals surface area (Å²) in [7, 11) is 0. The number of hydrogen-bond acceptors (Lipinski definition) is 2. The van der Waals surface area contributed by atoms with Gasteiger partial charge in [0.1, 0.15) is 0 Å². The van der Waals surface area contributed by atoms with Crippen molar-refractivity contribution in [2.75, 3.05) is 19.6 Å². The highest BCUT2D eigenvalue weighted by Crippen LogP contribution is 2.34. The van der Waals surface area contributed by atoms with Crippen LogP contribution in [0.5, 0.6) is 0 Å². The minimum Gasteiger partial charge on any atom is -0.339 e. The van der Waals surface area contributed by atoms with Crippen molar-refractivity contribution >= 4 is 5.91 Å². The quantitative estimate of drug-likeness (QED) is 0.798. The molecule has 3 heteroatoms. The maximum Gasteiger partial charge on any atom is 0.230 e. The number of likely N-dealkylation sites (tertiary alicyclic amines) is 1. The fraction of sp³-hybridized carbons (Fsp3) is 0.929. The van der Waals surface area contributed by atoms with Gasteiger partial charge in [-0.05, 0) is 45.1 Å². The van der Waals surface area contributed by atoms with Gasteiger partial charge >= 0.3 is 0 Å². The van der Waals surface area contributed by atoms with Gasteiger partial charge in [0.05, 0.1) is 5.41 Å². The van der Waals surface area contributed by atoms with Gasteiger partial charge in [-0.25, -0.2) is 0 Å². The predicted octanol–water partition coefficient (Wildman–Crippen LogP) is 2.02. The number of nitrogens with one attached hydrogen (secondary N) is 1. The summed E-state index contributed by atoms with van der Waals surface area (Å²) in [6, 6.07) is 0.433. The molecule has 2 rings (SSSR count). The van der Waals surface area contributed by atoms with Crippen LogP contribution in [0.1, 0.15) is 46.5 Å². The van der Waals surface area contributed by atoms with Crippen LogP contribution in [0.2, 0.25) is 0 Å². The van der Waals surface area contributed by atoms with E-state index in [1.165, 1.54) is 12.8 Å². The highest BCUT2D eigenvalue weighted by molar-refractivity contribution is 5.83. The third-order valence-corrected chi connectivity index (χ3v) is 4.75. The van der Waals surface area contributed by atoms with Crippen molar-refractivity contribution in [3.63, 3.8) is 0 Å². The highest BCUT2D eigenvalue weighted by Gasteiger charge is 2.43. The van der Waals surface area contributed by atoms with Crippen molar-refractivity contribution in [2.24, 2.45) is 11.3 Å². The molecular formula is C14H26N2O. The predicted molar refractivity (Wildman–Crippen MR) is 69.8 cm³/mol. The fourth-order valence-electron chi connectivity index (χ4n) is 3.26. The SMILES string of the molecule is CCC1(C(=O)N2CC(C)CCC2C)CCNC1. The second-order valence-corrected chi connectivity index (χ2v) is 6.05. The molecule has 2 saturated heterocycles. The van der Waals surface area contributed by atoms with E-state index >= 15 is 0 Å². The molecule has 0 bridgehead atoms. The number of rotatable bonds is 2. The van der Waals surface area contributed by atoms with E-state index in [-0.39, 0.29) is 5.41 Å². The Hall–Kier alpha value is -0.570. The molecule has 3 nitrogen and oxygen atoms in total. The Morgan fingerprint density at radius 2 is 2.18 bits per heavy atom. The maximum absolute atomic E-state index is 12.8. The number of nitrogens with zero attached hydrogens (tertiary/aromatic N) is 1. The number of hydrogen-bond donors (Lipinski definition) is 1. The summed E-state index contributed by atoms with van der Waals surface area (Å²) in [5, 5.41) is 3.36. The van der Waals surface area contributed by atoms with Crippen LogP contribution < -0.4 is 5.32 Å². The Kier molecular flexibility index (Phi) is 3.76. The van der Waals surface area contributed by atoms with Gasteiger partial charge in [0.15, 0.2) is 0 Å². The van der Waals surface area contributed by atoms with E-state index in [1.54, 1.807) is 0 Å². The Bertz CT molecular complexity index is 284. The molecule has 0 aliphatic carbocycles. The first-order chi connectivity index (χ1) is 8.09. The Labute approximate surface area is 105 Å². The Morgan fingerprint density at radius 3 is 2.76 bits per heavy atom. The molecule has 0 aromatic carbocycles. The molecule has 1 N–H and O–H groups in total. The zero-order chi connectivity index (χ0) is 12.5. The summed E-state index contributed by atoms with van der Waals surface area (Å²) in [6.45, 7) is 9.45. The van der Waals surface area contributed by atoms with Crippen LogP contribution in [-0.4, -0.2) is 36.5 Å². The third kappa shape index (κ3) is 2.35. The monoisotopic (exact) mass is 238 g/mol. The lowest BCUT2D eigenvalue weighted by molar-refractivity contribution is -0.145. The molecule has 3 atom stereocenters. The first-order valence-corrected chi connectivity index (χ1v) is 7.11. The van der Waals surface area contributed by atoms with E-state index in [2.05, 4.69) is 31.0 Å². The van der Waals surface area contributed by atoms with Crippen molar-refractivity contribution in [3.8, 4) is 0 Å². The van der Waals surface area contributed by atoms with Gasteiger partial charge in [-0.2, -0.15) is 0 Å². The summed E-state index contributed by atoms with van der Waals surface area (Å²) in [5.41, 5.74) is -0.106. The van der Waals surface area contributed by atoms with Crippen LogP contribution in [-0.2, 0) is 4.79 Å². The summed E-state index contributed by atoms with van der Waals surface area (Å²) in [6.07, 6.45) is 4.42. The average Bonchev–Trinajstić information content (AvgIpc) is 2.81. The van der Waals surface area contributed by atoms with Gasteiger partial charge in [0, 0.05) is 19.1 Å². The molecule has 3 unspecified atom stereocenters. The van der Waals surface area contributed by atoms with Crippen LogP contribution in [0.15, 0.2) is 0 Å². The van der Waals surface area contributed by atoms with E-state index in [4.69, 9.17) is 0 Å². The lowest BCUT2D eigenvalue weighted by atomic mass is 9.81. The van der Waals surface area contributed by atoms with Crippen LogP contribution in [0.3, 0.4) is 0 Å². The van der Waals surface area contributed by atoms with E-state index < -0.39 is 0 Å². The van der Waals surface area contributed by atoms with E-state index in [0.717, 1.165) is 32.5 Å². The minimum atomic E-state index is -0.106. The number of amides is 1. The molecule has 2 heterocycles. The normalized spacial score (nSPS) is 38.4. The molecular weight excluding hydrogens is 212 g/mol. The van der Waals surface area contributed by atoms with Crippen molar-refractivity contribution < 1.29 is 4.79 Å². The molecule has 2 aliphatic heterocycles. The molecule has 0 aromatic heterocycles. The summed E-state index contributed by atoms with van der Waals surface area (Å²) in [5.74, 6) is 1.07. The zero-order valence-electron chi connectivity index (χ0n) is 11.5. The van der Waals surface area contributed by atoms with Crippen LogP contribution in [0.4, 0.5) is 0 Å². The second kappa shape index (κ2) is 4.97. The third-order valence-electron chi connectivity index (χ3n) is 4.75. The van der Waals surface area contributed by atoms with Crippen LogP contribution in [0.25, 0.3) is 0 Å². The van der Waals surface area contributed by atoms with E-state index in [0.29, 0.717) is 17.9 Å². The van der Waals surface area contributed by atoms with Crippen molar-refractivity contribution in [3.05, 3.63) is 0 Å². The van der Waals surface area contributed by atoms with E-state index in [9.17, 15) is 4.79 Å². The van der Waals surface area contributed by atoms with Gasteiger partial charge in [-0.1, -0.05) is 13.8 Å². The molecule has 0 radical (unpaired) electrons. The first kappa shape index (κ1) is 12.9. The van der Waals surface area contributed by atoms with Crippen LogP contribution >= 0.6 is 0 Å². The molecule has 98 valence electrons. The second-order valence-electron chi connectivity index (χ2n) is 6.05. The average molecular weight is 238 g/mol. The molecule has 1 amide bonds. The van der Waals surface area contributed by atoms with Crippen molar-refractivity contribution in [1.82, 2.24) is 10.2 Å². The highest BCUT2D eigenvalue weighted by atomic mass is 16.2. The summed E-state index contributed by atoms with van der Waals surface area (Å²) in [4.78, 5) is 15.0. The lowest BCUT2D eigenvalue weighted by Crippen LogP contribution is -2.52. The van der Waals surface area contributed by atoms with Crippen LogP contribution in [0, 0.1) is 11.3 Å². The zero-order valence-corrected chi connectivity index (χ0v) is 11.5. The van der Waals surface area contributed by atoms with Gasteiger partial charge < -0.3 is 10.2 Å². The van der Waals surface area contributed by atoms with Gasteiger partial charge in [0.25, 0.3) is 0 Å². The summed E-state index contributed by atoms with van der Waals surface area (Å²) >= 11 is 0. The minimum absolute atomic E-state index is 0.106. The number of carbonyl (C=O) groups is 1. The molecule has 17 heavy (non-hydrogen) atoms. The van der Waals surface area contributed by atoms with Gasteiger partial charge in [0.2, 0.25) is 5.91 Å². The van der Waals surface area contributed by atoms with Gasteiger partial charge in [-0.15, -0.1) is 0 Å². The Balaban J connectivity index is 2.12. The molecule has 0 aromatic rings. The standard InChI is InChI=1S/C14H26N2O/c1-4-14(7-8-15-10-14)13(17)16-9-11(2)5-6-12(16)3/h11-12,15H,4-10H2,1-3H3. The van der Waals surface area contributed by atoms with Gasteiger partial charge in [-0.3, -0.25) is 4.79 Å². The largest absolute Gasteiger partial charge is 0.339 e. The molecule has 2 fully saturated rings. The Morgan fingerprint density at radius 1 is 1.41 bits per heavy atom. The first-order valence-electron chi connectivity index (χ1n) is 7.11. The lowest BCUT2D eigenvalue weighted by Gasteiger charge is -2.41. The number of carbonyl (C=O) groups excluding carboxylic acids is 1. The number of piperidine rings is 1.